The van der Waals surface area contributed by atoms with Crippen LogP contribution in [0.5, 0.6) is 0 Å². The number of hydrogen-bond donors (Lipinski definition) is 1. The largest absolute Gasteiger partial charge is 0.379 e. The maximum atomic E-state index is 11.7. The standard InChI is InChI=1S/C12H23NO2/c1-9(2)11(15-3)8-13-12(14)10-6-4-5-7-10/h9-11H,4-8H2,1-3H3,(H,13,14)/t11-/m1/s1. The molecule has 3 heteroatoms. The molecule has 0 radical (unpaired) electrons. The van der Waals surface area contributed by atoms with Crippen molar-refractivity contribution >= 4 is 5.91 Å². The molecule has 0 unspecified atom stereocenters. The van der Waals surface area contributed by atoms with Gasteiger partial charge in [0.2, 0.25) is 5.91 Å². The summed E-state index contributed by atoms with van der Waals surface area (Å²) in [4.78, 5) is 11.7. The van der Waals surface area contributed by atoms with Gasteiger partial charge in [-0.05, 0) is 18.8 Å². The summed E-state index contributed by atoms with van der Waals surface area (Å²) in [5.41, 5.74) is 0. The molecule has 88 valence electrons. The molecular weight excluding hydrogens is 190 g/mol. The minimum Gasteiger partial charge on any atom is -0.379 e. The lowest BCUT2D eigenvalue weighted by Crippen LogP contribution is -2.38. The second-order valence-corrected chi connectivity index (χ2v) is 4.74. The van der Waals surface area contributed by atoms with Gasteiger partial charge in [0.15, 0.2) is 0 Å². The molecule has 15 heavy (non-hydrogen) atoms. The van der Waals surface area contributed by atoms with Crippen LogP contribution in [0.1, 0.15) is 39.5 Å². The molecule has 1 saturated carbocycles. The van der Waals surface area contributed by atoms with Gasteiger partial charge in [-0.25, -0.2) is 0 Å². The zero-order valence-electron chi connectivity index (χ0n) is 10.1. The Balaban J connectivity index is 2.25. The third-order valence-corrected chi connectivity index (χ3v) is 3.25. The SMILES string of the molecule is CO[C@H](CNC(=O)C1CCCC1)C(C)C. The first-order chi connectivity index (χ1) is 7.15. The van der Waals surface area contributed by atoms with Crippen LogP contribution in [0.3, 0.4) is 0 Å². The van der Waals surface area contributed by atoms with Crippen LogP contribution in [-0.2, 0) is 9.53 Å². The molecule has 0 aromatic carbocycles. The van der Waals surface area contributed by atoms with Crippen LogP contribution in [-0.4, -0.2) is 25.7 Å². The third kappa shape index (κ3) is 3.82. The van der Waals surface area contributed by atoms with Crippen molar-refractivity contribution in [3.05, 3.63) is 0 Å². The summed E-state index contributed by atoms with van der Waals surface area (Å²) in [5, 5.41) is 2.99. The molecule has 1 amide bonds. The smallest absolute Gasteiger partial charge is 0.223 e. The van der Waals surface area contributed by atoms with E-state index in [0.29, 0.717) is 12.5 Å². The van der Waals surface area contributed by atoms with Crippen molar-refractivity contribution in [3.63, 3.8) is 0 Å². The van der Waals surface area contributed by atoms with Crippen molar-refractivity contribution in [2.45, 2.75) is 45.6 Å². The van der Waals surface area contributed by atoms with Crippen molar-refractivity contribution in [1.29, 1.82) is 0 Å². The molecule has 0 spiro atoms. The fraction of sp³-hybridized carbons (Fsp3) is 0.917. The molecule has 1 atom stereocenters. The molecule has 0 aromatic rings. The minimum atomic E-state index is 0.135. The number of ether oxygens (including phenoxy) is 1. The highest BCUT2D eigenvalue weighted by Crippen LogP contribution is 2.24. The summed E-state index contributed by atoms with van der Waals surface area (Å²) in [7, 11) is 1.70. The van der Waals surface area contributed by atoms with Gasteiger partial charge in [-0.15, -0.1) is 0 Å². The predicted molar refractivity (Wildman–Crippen MR) is 60.6 cm³/mol. The summed E-state index contributed by atoms with van der Waals surface area (Å²) in [6.07, 6.45) is 4.66. The van der Waals surface area contributed by atoms with Crippen LogP contribution in [0.2, 0.25) is 0 Å². The van der Waals surface area contributed by atoms with Crippen molar-refractivity contribution < 1.29 is 9.53 Å². The molecule has 0 aromatic heterocycles. The molecule has 0 aliphatic heterocycles. The van der Waals surface area contributed by atoms with Gasteiger partial charge in [0.25, 0.3) is 0 Å². The summed E-state index contributed by atoms with van der Waals surface area (Å²) >= 11 is 0. The molecule has 0 bridgehead atoms. The first-order valence-electron chi connectivity index (χ1n) is 5.95. The maximum absolute atomic E-state index is 11.7. The van der Waals surface area contributed by atoms with Crippen molar-refractivity contribution in [2.24, 2.45) is 11.8 Å². The van der Waals surface area contributed by atoms with E-state index in [9.17, 15) is 4.79 Å². The monoisotopic (exact) mass is 213 g/mol. The van der Waals surface area contributed by atoms with Gasteiger partial charge < -0.3 is 10.1 Å². The number of nitrogens with one attached hydrogen (secondary N) is 1. The zero-order chi connectivity index (χ0) is 11.3. The molecular formula is C12H23NO2. The number of carbonyl (C=O) groups excluding carboxylic acids is 1. The first-order valence-corrected chi connectivity index (χ1v) is 5.95. The van der Waals surface area contributed by atoms with Crippen LogP contribution < -0.4 is 5.32 Å². The van der Waals surface area contributed by atoms with Crippen molar-refractivity contribution in [1.82, 2.24) is 5.32 Å². The number of rotatable bonds is 5. The van der Waals surface area contributed by atoms with Gasteiger partial charge in [0, 0.05) is 19.6 Å². The Morgan fingerprint density at radius 2 is 2.00 bits per heavy atom. The molecule has 3 nitrogen and oxygen atoms in total. The van der Waals surface area contributed by atoms with Crippen LogP contribution in [0, 0.1) is 11.8 Å². The van der Waals surface area contributed by atoms with E-state index >= 15 is 0 Å². The van der Waals surface area contributed by atoms with E-state index < -0.39 is 0 Å². The lowest BCUT2D eigenvalue weighted by molar-refractivity contribution is -0.125. The highest BCUT2D eigenvalue weighted by molar-refractivity contribution is 5.78. The van der Waals surface area contributed by atoms with Gasteiger partial charge in [0.05, 0.1) is 6.10 Å². The van der Waals surface area contributed by atoms with Crippen molar-refractivity contribution in [2.75, 3.05) is 13.7 Å². The fourth-order valence-electron chi connectivity index (χ4n) is 2.12. The summed E-state index contributed by atoms with van der Waals surface area (Å²) in [6.45, 7) is 4.86. The Bertz CT molecular complexity index is 198. The molecule has 0 heterocycles. The molecule has 1 aliphatic rings. The Morgan fingerprint density at radius 3 is 2.47 bits per heavy atom. The Morgan fingerprint density at radius 1 is 1.40 bits per heavy atom. The Labute approximate surface area is 92.6 Å². The van der Waals surface area contributed by atoms with Crippen LogP contribution >= 0.6 is 0 Å². The molecule has 1 aliphatic carbocycles. The van der Waals surface area contributed by atoms with Gasteiger partial charge in [-0.1, -0.05) is 26.7 Å². The van der Waals surface area contributed by atoms with Gasteiger partial charge in [-0.2, -0.15) is 0 Å². The predicted octanol–water partition coefficient (Wildman–Crippen LogP) is 1.96. The van der Waals surface area contributed by atoms with E-state index in [1.165, 1.54) is 12.8 Å². The quantitative estimate of drug-likeness (QED) is 0.758. The first kappa shape index (κ1) is 12.5. The zero-order valence-corrected chi connectivity index (χ0v) is 10.1. The van der Waals surface area contributed by atoms with E-state index in [2.05, 4.69) is 19.2 Å². The normalized spacial score (nSPS) is 19.5. The molecule has 1 fully saturated rings. The van der Waals surface area contributed by atoms with E-state index in [1.54, 1.807) is 7.11 Å². The average Bonchev–Trinajstić information content (AvgIpc) is 2.70. The topological polar surface area (TPSA) is 38.3 Å². The number of methoxy groups -OCH3 is 1. The van der Waals surface area contributed by atoms with Gasteiger partial charge in [-0.3, -0.25) is 4.79 Å². The van der Waals surface area contributed by atoms with E-state index in [-0.39, 0.29) is 17.9 Å². The van der Waals surface area contributed by atoms with E-state index in [1.807, 2.05) is 0 Å². The molecule has 1 rings (SSSR count). The molecule has 1 N–H and O–H groups in total. The Hall–Kier alpha value is -0.570. The van der Waals surface area contributed by atoms with E-state index in [0.717, 1.165) is 12.8 Å². The Kier molecular flexibility index (Phi) is 5.09. The summed E-state index contributed by atoms with van der Waals surface area (Å²) in [6, 6.07) is 0. The van der Waals surface area contributed by atoms with Crippen LogP contribution in [0.15, 0.2) is 0 Å². The third-order valence-electron chi connectivity index (χ3n) is 3.25. The van der Waals surface area contributed by atoms with E-state index in [4.69, 9.17) is 4.74 Å². The number of hydrogen-bond acceptors (Lipinski definition) is 2. The van der Waals surface area contributed by atoms with Crippen LogP contribution in [0.25, 0.3) is 0 Å². The lowest BCUT2D eigenvalue weighted by Gasteiger charge is -2.20. The highest BCUT2D eigenvalue weighted by Gasteiger charge is 2.23. The summed E-state index contributed by atoms with van der Waals surface area (Å²) < 4.78 is 5.31. The van der Waals surface area contributed by atoms with Crippen molar-refractivity contribution in [3.8, 4) is 0 Å². The average molecular weight is 213 g/mol. The maximum Gasteiger partial charge on any atom is 0.223 e. The minimum absolute atomic E-state index is 0.135. The molecule has 0 saturated heterocycles. The lowest BCUT2D eigenvalue weighted by atomic mass is 10.1. The number of carbonyl (C=O) groups is 1. The fourth-order valence-corrected chi connectivity index (χ4v) is 2.12. The summed E-state index contributed by atoms with van der Waals surface area (Å²) in [5.74, 6) is 0.920. The van der Waals surface area contributed by atoms with Gasteiger partial charge in [0.1, 0.15) is 0 Å². The highest BCUT2D eigenvalue weighted by atomic mass is 16.5. The second-order valence-electron chi connectivity index (χ2n) is 4.74. The second kappa shape index (κ2) is 6.11. The van der Waals surface area contributed by atoms with Gasteiger partial charge >= 0.3 is 0 Å². The number of amides is 1. The van der Waals surface area contributed by atoms with Crippen LogP contribution in [0.4, 0.5) is 0 Å².